The first-order valence-corrected chi connectivity index (χ1v) is 5.60. The molecular formula is C13H10N2O5. The molecule has 0 saturated carbocycles. The summed E-state index contributed by atoms with van der Waals surface area (Å²) >= 11 is 0. The number of nitrogens with zero attached hydrogens (tertiary/aromatic N) is 2. The van der Waals surface area contributed by atoms with E-state index in [2.05, 4.69) is 4.98 Å². The summed E-state index contributed by atoms with van der Waals surface area (Å²) in [6.45, 7) is 1.60. The fourth-order valence-corrected chi connectivity index (χ4v) is 1.67. The molecule has 2 rings (SSSR count). The van der Waals surface area contributed by atoms with Crippen LogP contribution in [0.5, 0.6) is 11.5 Å². The minimum atomic E-state index is -1.20. The molecule has 1 aromatic carbocycles. The van der Waals surface area contributed by atoms with Gasteiger partial charge >= 0.3 is 11.7 Å². The quantitative estimate of drug-likeness (QED) is 0.679. The highest BCUT2D eigenvalue weighted by Crippen LogP contribution is 2.33. The van der Waals surface area contributed by atoms with Crippen molar-refractivity contribution in [3.63, 3.8) is 0 Å². The number of benzene rings is 1. The summed E-state index contributed by atoms with van der Waals surface area (Å²) in [6, 6.07) is 7.30. The second-order valence-corrected chi connectivity index (χ2v) is 3.96. The molecular weight excluding hydrogens is 264 g/mol. The van der Waals surface area contributed by atoms with E-state index in [1.807, 2.05) is 0 Å². The lowest BCUT2D eigenvalue weighted by atomic mass is 10.2. The number of hydrogen-bond acceptors (Lipinski definition) is 5. The number of hydrogen-bond donors (Lipinski definition) is 1. The monoisotopic (exact) mass is 274 g/mol. The Morgan fingerprint density at radius 2 is 2.15 bits per heavy atom. The van der Waals surface area contributed by atoms with Gasteiger partial charge in [0.2, 0.25) is 5.75 Å². The van der Waals surface area contributed by atoms with Gasteiger partial charge in [-0.2, -0.15) is 0 Å². The van der Waals surface area contributed by atoms with E-state index in [4.69, 9.17) is 9.84 Å². The van der Waals surface area contributed by atoms with Gasteiger partial charge in [-0.25, -0.2) is 9.78 Å². The van der Waals surface area contributed by atoms with E-state index in [-0.39, 0.29) is 22.9 Å². The van der Waals surface area contributed by atoms with E-state index < -0.39 is 10.9 Å². The van der Waals surface area contributed by atoms with Crippen LogP contribution in [-0.4, -0.2) is 21.0 Å². The molecule has 0 atom stereocenters. The van der Waals surface area contributed by atoms with Gasteiger partial charge in [0.25, 0.3) is 0 Å². The van der Waals surface area contributed by atoms with E-state index in [9.17, 15) is 14.9 Å². The third kappa shape index (κ3) is 2.72. The molecule has 0 radical (unpaired) electrons. The molecule has 1 N–H and O–H groups in total. The molecule has 0 fully saturated rings. The molecule has 0 aliphatic heterocycles. The molecule has 0 spiro atoms. The van der Waals surface area contributed by atoms with E-state index in [0.717, 1.165) is 0 Å². The average Bonchev–Trinajstić information content (AvgIpc) is 2.38. The Morgan fingerprint density at radius 1 is 1.40 bits per heavy atom. The van der Waals surface area contributed by atoms with Gasteiger partial charge in [-0.3, -0.25) is 10.1 Å². The molecule has 0 aliphatic carbocycles. The number of para-hydroxylation sites is 1. The summed E-state index contributed by atoms with van der Waals surface area (Å²) in [4.78, 5) is 24.9. The molecule has 2 aromatic rings. The molecule has 0 bridgehead atoms. The molecule has 0 saturated heterocycles. The molecule has 20 heavy (non-hydrogen) atoms. The van der Waals surface area contributed by atoms with Crippen molar-refractivity contribution in [2.75, 3.05) is 0 Å². The fourth-order valence-electron chi connectivity index (χ4n) is 1.67. The summed E-state index contributed by atoms with van der Waals surface area (Å²) in [5, 5.41) is 19.9. The van der Waals surface area contributed by atoms with Crippen LogP contribution in [0, 0.1) is 17.0 Å². The molecule has 7 heteroatoms. The number of nitro groups is 1. The number of ether oxygens (including phenoxy) is 1. The summed E-state index contributed by atoms with van der Waals surface area (Å²) < 4.78 is 5.40. The maximum atomic E-state index is 11.0. The number of carboxylic acid groups (broad SMARTS) is 1. The number of aryl methyl sites for hydroxylation is 1. The van der Waals surface area contributed by atoms with Crippen LogP contribution in [0.4, 0.5) is 5.69 Å². The first-order valence-electron chi connectivity index (χ1n) is 5.60. The average molecular weight is 274 g/mol. The SMILES string of the molecule is Cc1cccc(Oc2ccnc(C(=O)O)c2)c1[N+](=O)[O-]. The highest BCUT2D eigenvalue weighted by Gasteiger charge is 2.19. The maximum absolute atomic E-state index is 11.0. The zero-order chi connectivity index (χ0) is 14.7. The van der Waals surface area contributed by atoms with E-state index in [1.54, 1.807) is 19.1 Å². The predicted molar refractivity (Wildman–Crippen MR) is 69.1 cm³/mol. The zero-order valence-corrected chi connectivity index (χ0v) is 10.4. The lowest BCUT2D eigenvalue weighted by molar-refractivity contribution is -0.386. The van der Waals surface area contributed by atoms with Crippen LogP contribution in [0.2, 0.25) is 0 Å². The maximum Gasteiger partial charge on any atom is 0.354 e. The van der Waals surface area contributed by atoms with Crippen LogP contribution in [0.3, 0.4) is 0 Å². The number of carboxylic acids is 1. The van der Waals surface area contributed by atoms with Crippen molar-refractivity contribution in [2.24, 2.45) is 0 Å². The second-order valence-electron chi connectivity index (χ2n) is 3.96. The molecule has 1 aromatic heterocycles. The number of pyridine rings is 1. The topological polar surface area (TPSA) is 103 Å². The second kappa shape index (κ2) is 5.35. The van der Waals surface area contributed by atoms with E-state index in [1.165, 1.54) is 24.4 Å². The van der Waals surface area contributed by atoms with Gasteiger partial charge < -0.3 is 9.84 Å². The zero-order valence-electron chi connectivity index (χ0n) is 10.4. The van der Waals surface area contributed by atoms with Gasteiger partial charge in [0, 0.05) is 17.8 Å². The Kier molecular flexibility index (Phi) is 3.60. The van der Waals surface area contributed by atoms with Crippen molar-refractivity contribution in [1.29, 1.82) is 0 Å². The number of aromatic nitrogens is 1. The Balaban J connectivity index is 2.40. The van der Waals surface area contributed by atoms with Crippen molar-refractivity contribution in [2.45, 2.75) is 6.92 Å². The fraction of sp³-hybridized carbons (Fsp3) is 0.0769. The smallest absolute Gasteiger partial charge is 0.354 e. The van der Waals surface area contributed by atoms with Crippen LogP contribution >= 0.6 is 0 Å². The normalized spacial score (nSPS) is 10.1. The van der Waals surface area contributed by atoms with Gasteiger partial charge in [-0.15, -0.1) is 0 Å². The van der Waals surface area contributed by atoms with Gasteiger partial charge in [-0.1, -0.05) is 12.1 Å². The number of rotatable bonds is 4. The van der Waals surface area contributed by atoms with Gasteiger partial charge in [0.15, 0.2) is 5.69 Å². The van der Waals surface area contributed by atoms with Crippen molar-refractivity contribution < 1.29 is 19.6 Å². The molecule has 0 unspecified atom stereocenters. The van der Waals surface area contributed by atoms with Crippen LogP contribution in [0.15, 0.2) is 36.5 Å². The Labute approximate surface area is 113 Å². The molecule has 1 heterocycles. The van der Waals surface area contributed by atoms with Gasteiger partial charge in [0.05, 0.1) is 4.92 Å². The van der Waals surface area contributed by atoms with Crippen LogP contribution in [-0.2, 0) is 0 Å². The Morgan fingerprint density at radius 3 is 2.80 bits per heavy atom. The standard InChI is InChI=1S/C13H10N2O5/c1-8-3-2-4-11(12(8)15(18)19)20-9-5-6-14-10(7-9)13(16)17/h2-7H,1H3,(H,16,17). The largest absolute Gasteiger partial charge is 0.477 e. The lowest BCUT2D eigenvalue weighted by Gasteiger charge is -2.07. The summed E-state index contributed by atoms with van der Waals surface area (Å²) in [6.07, 6.45) is 1.26. The summed E-state index contributed by atoms with van der Waals surface area (Å²) in [7, 11) is 0. The molecule has 0 aliphatic rings. The highest BCUT2D eigenvalue weighted by atomic mass is 16.6. The highest BCUT2D eigenvalue weighted by molar-refractivity contribution is 5.85. The Hall–Kier alpha value is -2.96. The van der Waals surface area contributed by atoms with Crippen molar-refractivity contribution in [3.05, 3.63) is 57.9 Å². The molecule has 7 nitrogen and oxygen atoms in total. The van der Waals surface area contributed by atoms with Crippen LogP contribution in [0.25, 0.3) is 0 Å². The van der Waals surface area contributed by atoms with Crippen molar-refractivity contribution >= 4 is 11.7 Å². The summed E-state index contributed by atoms with van der Waals surface area (Å²) in [5.41, 5.74) is 0.110. The number of nitro benzene ring substituents is 1. The first kappa shape index (κ1) is 13.5. The predicted octanol–water partition coefficient (Wildman–Crippen LogP) is 2.79. The Bertz CT molecular complexity index is 684. The van der Waals surface area contributed by atoms with E-state index >= 15 is 0 Å². The number of carbonyl (C=O) groups is 1. The van der Waals surface area contributed by atoms with Gasteiger partial charge in [-0.05, 0) is 19.1 Å². The van der Waals surface area contributed by atoms with Crippen molar-refractivity contribution in [1.82, 2.24) is 4.98 Å². The van der Waals surface area contributed by atoms with E-state index in [0.29, 0.717) is 5.56 Å². The third-order valence-corrected chi connectivity index (χ3v) is 2.56. The lowest BCUT2D eigenvalue weighted by Crippen LogP contribution is -2.00. The number of aromatic carboxylic acids is 1. The van der Waals surface area contributed by atoms with Gasteiger partial charge in [0.1, 0.15) is 5.75 Å². The minimum absolute atomic E-state index is 0.0533. The minimum Gasteiger partial charge on any atom is -0.477 e. The van der Waals surface area contributed by atoms with Crippen molar-refractivity contribution in [3.8, 4) is 11.5 Å². The molecule has 102 valence electrons. The van der Waals surface area contributed by atoms with Crippen LogP contribution < -0.4 is 4.74 Å². The molecule has 0 amide bonds. The first-order chi connectivity index (χ1) is 9.49. The van der Waals surface area contributed by atoms with Crippen LogP contribution in [0.1, 0.15) is 16.1 Å². The summed E-state index contributed by atoms with van der Waals surface area (Å²) in [5.74, 6) is -0.974. The third-order valence-electron chi connectivity index (χ3n) is 2.56.